The molecule has 1 aliphatic rings. The van der Waals surface area contributed by atoms with Gasteiger partial charge < -0.3 is 14.9 Å². The fourth-order valence-corrected chi connectivity index (χ4v) is 2.71. The lowest BCUT2D eigenvalue weighted by atomic mass is 9.72. The van der Waals surface area contributed by atoms with Gasteiger partial charge in [-0.2, -0.15) is 0 Å². The molecule has 1 unspecified atom stereocenters. The zero-order valence-electron chi connectivity index (χ0n) is 15.8. The van der Waals surface area contributed by atoms with Crippen molar-refractivity contribution < 1.29 is 33.5 Å². The molecule has 1 rings (SSSR count). The van der Waals surface area contributed by atoms with Crippen LogP contribution in [0, 0.1) is 10.8 Å². The van der Waals surface area contributed by atoms with E-state index in [4.69, 9.17) is 4.84 Å². The van der Waals surface area contributed by atoms with Crippen LogP contribution in [0.25, 0.3) is 0 Å². The molecule has 9 nitrogen and oxygen atoms in total. The molecule has 26 heavy (non-hydrogen) atoms. The summed E-state index contributed by atoms with van der Waals surface area (Å²) in [6.07, 6.45) is 0.446. The van der Waals surface area contributed by atoms with Gasteiger partial charge in [-0.1, -0.05) is 20.8 Å². The first-order chi connectivity index (χ1) is 12.0. The summed E-state index contributed by atoms with van der Waals surface area (Å²) >= 11 is 0. The van der Waals surface area contributed by atoms with Crippen molar-refractivity contribution in [1.29, 1.82) is 0 Å². The highest BCUT2D eigenvalue weighted by molar-refractivity contribution is 6.01. The van der Waals surface area contributed by atoms with Gasteiger partial charge >= 0.3 is 11.9 Å². The fourth-order valence-electron chi connectivity index (χ4n) is 2.71. The smallest absolute Gasteiger partial charge is 0.339 e. The van der Waals surface area contributed by atoms with Crippen LogP contribution >= 0.6 is 0 Å². The van der Waals surface area contributed by atoms with Gasteiger partial charge in [-0.3, -0.25) is 19.2 Å². The highest BCUT2D eigenvalue weighted by Gasteiger charge is 2.44. The van der Waals surface area contributed by atoms with E-state index < -0.39 is 40.5 Å². The lowest BCUT2D eigenvalue weighted by Gasteiger charge is -2.34. The van der Waals surface area contributed by atoms with E-state index in [0.717, 1.165) is 0 Å². The maximum atomic E-state index is 12.6. The minimum absolute atomic E-state index is 0.0103. The molecule has 1 fully saturated rings. The minimum Gasteiger partial charge on any atom is -0.468 e. The molecule has 0 aromatic carbocycles. The Hall–Kier alpha value is -2.45. The lowest BCUT2D eigenvalue weighted by molar-refractivity contribution is -0.206. The Kier molecular flexibility index (Phi) is 6.88. The molecular formula is C17H26N2O7. The number of esters is 1. The fraction of sp³-hybridized carbons (Fsp3) is 0.706. The number of carbonyl (C=O) groups excluding carboxylic acids is 5. The zero-order chi connectivity index (χ0) is 20.1. The van der Waals surface area contributed by atoms with Gasteiger partial charge in [0.2, 0.25) is 5.91 Å². The molecule has 1 atom stereocenters. The Morgan fingerprint density at radius 1 is 1.12 bits per heavy atom. The predicted molar refractivity (Wildman–Crippen MR) is 89.0 cm³/mol. The number of ether oxygens (including phenoxy) is 1. The minimum atomic E-state index is -1.10. The number of hydroxylamine groups is 2. The van der Waals surface area contributed by atoms with Crippen LogP contribution in [-0.4, -0.2) is 48.4 Å². The van der Waals surface area contributed by atoms with Crippen molar-refractivity contribution in [1.82, 2.24) is 10.4 Å². The Bertz CT molecular complexity index is 598. The van der Waals surface area contributed by atoms with Crippen molar-refractivity contribution in [2.24, 2.45) is 10.8 Å². The van der Waals surface area contributed by atoms with Crippen LogP contribution in [0.15, 0.2) is 0 Å². The average molecular weight is 370 g/mol. The van der Waals surface area contributed by atoms with Crippen LogP contribution in [0.1, 0.15) is 53.4 Å². The molecule has 1 heterocycles. The van der Waals surface area contributed by atoms with Crippen molar-refractivity contribution >= 4 is 29.7 Å². The summed E-state index contributed by atoms with van der Waals surface area (Å²) in [5.41, 5.74) is -2.11. The summed E-state index contributed by atoms with van der Waals surface area (Å²) in [7, 11) is 1.21. The van der Waals surface area contributed by atoms with Crippen LogP contribution in [0.3, 0.4) is 0 Å². The largest absolute Gasteiger partial charge is 0.468 e. The maximum absolute atomic E-state index is 12.6. The molecule has 1 aliphatic heterocycles. The Labute approximate surface area is 152 Å². The highest BCUT2D eigenvalue weighted by Crippen LogP contribution is 2.38. The molecule has 0 radical (unpaired) electrons. The number of amides is 3. The first-order valence-electron chi connectivity index (χ1n) is 8.40. The third kappa shape index (κ3) is 5.03. The normalized spacial score (nSPS) is 16.9. The van der Waals surface area contributed by atoms with Gasteiger partial charge in [0, 0.05) is 18.3 Å². The molecule has 0 aromatic rings. The van der Waals surface area contributed by atoms with Crippen LogP contribution in [0.4, 0.5) is 0 Å². The van der Waals surface area contributed by atoms with Gasteiger partial charge in [0.25, 0.3) is 11.8 Å². The SMILES string of the molecule is CCC(C)(CC(C)(C)C(=O)NCC(=O)OC)C(=O)ON1C(=O)CCC1=O. The standard InChI is InChI=1S/C17H26N2O7/c1-6-17(4,15(24)26-19-11(20)7-8-12(19)21)10-16(2,3)14(23)18-9-13(22)25-5/h6-10H2,1-5H3,(H,18,23). The van der Waals surface area contributed by atoms with Crippen molar-refractivity contribution in [2.75, 3.05) is 13.7 Å². The number of hydrogen-bond acceptors (Lipinski definition) is 7. The van der Waals surface area contributed by atoms with Crippen molar-refractivity contribution in [3.8, 4) is 0 Å². The second-order valence-corrected chi connectivity index (χ2v) is 7.19. The number of imide groups is 1. The van der Waals surface area contributed by atoms with Gasteiger partial charge in [0.15, 0.2) is 0 Å². The molecule has 1 N–H and O–H groups in total. The second-order valence-electron chi connectivity index (χ2n) is 7.19. The van der Waals surface area contributed by atoms with Crippen LogP contribution < -0.4 is 5.32 Å². The Morgan fingerprint density at radius 3 is 2.12 bits per heavy atom. The van der Waals surface area contributed by atoms with Gasteiger partial charge in [-0.25, -0.2) is 4.79 Å². The lowest BCUT2D eigenvalue weighted by Crippen LogP contribution is -2.46. The summed E-state index contributed by atoms with van der Waals surface area (Å²) in [6, 6.07) is 0. The second kappa shape index (κ2) is 8.29. The highest BCUT2D eigenvalue weighted by atomic mass is 16.7. The van der Waals surface area contributed by atoms with E-state index in [1.807, 2.05) is 0 Å². The number of hydrogen-bond donors (Lipinski definition) is 1. The van der Waals surface area contributed by atoms with E-state index >= 15 is 0 Å². The molecule has 146 valence electrons. The Morgan fingerprint density at radius 2 is 1.65 bits per heavy atom. The number of carbonyl (C=O) groups is 5. The summed E-state index contributed by atoms with van der Waals surface area (Å²) in [5, 5.41) is 2.96. The summed E-state index contributed by atoms with van der Waals surface area (Å²) in [6.45, 7) is 6.34. The number of nitrogens with one attached hydrogen (secondary N) is 1. The molecule has 9 heteroatoms. The van der Waals surface area contributed by atoms with Crippen LogP contribution in [0.2, 0.25) is 0 Å². The first-order valence-corrected chi connectivity index (χ1v) is 8.40. The Balaban J connectivity index is 2.82. The monoisotopic (exact) mass is 370 g/mol. The molecule has 0 spiro atoms. The maximum Gasteiger partial charge on any atom is 0.339 e. The summed E-state index contributed by atoms with van der Waals surface area (Å²) < 4.78 is 4.47. The molecule has 0 aromatic heterocycles. The molecule has 0 aliphatic carbocycles. The number of nitrogens with zero attached hydrogens (tertiary/aromatic N) is 1. The number of methoxy groups -OCH3 is 1. The van der Waals surface area contributed by atoms with E-state index in [1.165, 1.54) is 7.11 Å². The van der Waals surface area contributed by atoms with E-state index in [9.17, 15) is 24.0 Å². The zero-order valence-corrected chi connectivity index (χ0v) is 15.8. The van der Waals surface area contributed by atoms with Gasteiger partial charge in [0.1, 0.15) is 6.54 Å². The third-order valence-electron chi connectivity index (χ3n) is 4.52. The quantitative estimate of drug-likeness (QED) is 0.494. The topological polar surface area (TPSA) is 119 Å². The summed E-state index contributed by atoms with van der Waals surface area (Å²) in [5.74, 6) is -2.88. The number of rotatable bonds is 8. The van der Waals surface area contributed by atoms with E-state index in [1.54, 1.807) is 27.7 Å². The van der Waals surface area contributed by atoms with Crippen molar-refractivity contribution in [3.63, 3.8) is 0 Å². The van der Waals surface area contributed by atoms with Crippen molar-refractivity contribution in [2.45, 2.75) is 53.4 Å². The van der Waals surface area contributed by atoms with Gasteiger partial charge in [-0.05, 0) is 19.8 Å². The van der Waals surface area contributed by atoms with Gasteiger partial charge in [0.05, 0.1) is 12.5 Å². The predicted octanol–water partition coefficient (Wildman–Crippen LogP) is 0.715. The van der Waals surface area contributed by atoms with E-state index in [2.05, 4.69) is 10.1 Å². The van der Waals surface area contributed by atoms with Crippen LogP contribution in [-0.2, 0) is 33.5 Å². The summed E-state index contributed by atoms with van der Waals surface area (Å²) in [4.78, 5) is 64.4. The van der Waals surface area contributed by atoms with E-state index in [-0.39, 0.29) is 25.8 Å². The first kappa shape index (κ1) is 21.6. The van der Waals surface area contributed by atoms with Gasteiger partial charge in [-0.15, -0.1) is 5.06 Å². The van der Waals surface area contributed by atoms with Crippen LogP contribution in [0.5, 0.6) is 0 Å². The third-order valence-corrected chi connectivity index (χ3v) is 4.52. The average Bonchev–Trinajstić information content (AvgIpc) is 2.90. The molecule has 3 amide bonds. The molecular weight excluding hydrogens is 344 g/mol. The van der Waals surface area contributed by atoms with E-state index in [0.29, 0.717) is 11.5 Å². The van der Waals surface area contributed by atoms with Crippen molar-refractivity contribution in [3.05, 3.63) is 0 Å². The molecule has 1 saturated heterocycles. The molecule has 0 bridgehead atoms. The molecule has 0 saturated carbocycles.